The maximum absolute atomic E-state index is 13.9. The van der Waals surface area contributed by atoms with Gasteiger partial charge in [-0.2, -0.15) is 4.31 Å². The molecule has 7 heteroatoms. The van der Waals surface area contributed by atoms with Crippen LogP contribution in [0.3, 0.4) is 0 Å². The van der Waals surface area contributed by atoms with Gasteiger partial charge < -0.3 is 10.5 Å². The Balaban J connectivity index is 2.33. The third-order valence-electron chi connectivity index (χ3n) is 3.31. The first kappa shape index (κ1) is 14.4. The molecule has 0 amide bonds. The van der Waals surface area contributed by atoms with E-state index in [0.717, 1.165) is 6.07 Å². The van der Waals surface area contributed by atoms with E-state index in [1.54, 1.807) is 0 Å². The summed E-state index contributed by atoms with van der Waals surface area (Å²) in [4.78, 5) is -0.320. The largest absolute Gasteiger partial charge is 0.380 e. The second-order valence-electron chi connectivity index (χ2n) is 4.51. The predicted molar refractivity (Wildman–Crippen MR) is 68.5 cm³/mol. The molecule has 2 N–H and O–H groups in total. The van der Waals surface area contributed by atoms with Crippen LogP contribution in [0.5, 0.6) is 0 Å². The van der Waals surface area contributed by atoms with Crippen LogP contribution in [-0.2, 0) is 21.3 Å². The van der Waals surface area contributed by atoms with Gasteiger partial charge in [-0.15, -0.1) is 0 Å². The number of nitrogens with zero attached hydrogens (tertiary/aromatic N) is 1. The Hall–Kier alpha value is -1.02. The molecule has 0 radical (unpaired) electrons. The van der Waals surface area contributed by atoms with Crippen LogP contribution in [-0.4, -0.2) is 39.0 Å². The van der Waals surface area contributed by atoms with Gasteiger partial charge in [0.1, 0.15) is 10.7 Å². The first-order chi connectivity index (χ1) is 8.96. The number of halogens is 1. The van der Waals surface area contributed by atoms with Crippen LogP contribution in [0.25, 0.3) is 0 Å². The summed E-state index contributed by atoms with van der Waals surface area (Å²) in [5.74, 6) is -0.770. The van der Waals surface area contributed by atoms with Crippen molar-refractivity contribution in [2.45, 2.75) is 23.9 Å². The average molecular weight is 288 g/mol. The van der Waals surface area contributed by atoms with Crippen LogP contribution >= 0.6 is 0 Å². The summed E-state index contributed by atoms with van der Waals surface area (Å²) >= 11 is 0. The minimum absolute atomic E-state index is 0.170. The van der Waals surface area contributed by atoms with E-state index in [2.05, 4.69) is 0 Å². The summed E-state index contributed by atoms with van der Waals surface area (Å²) in [6.45, 7) is 1.04. The molecule has 1 heterocycles. The minimum Gasteiger partial charge on any atom is -0.380 e. The van der Waals surface area contributed by atoms with Crippen LogP contribution in [0.1, 0.15) is 12.0 Å². The molecule has 0 spiro atoms. The Bertz CT molecular complexity index is 556. The zero-order valence-electron chi connectivity index (χ0n) is 10.7. The lowest BCUT2D eigenvalue weighted by Gasteiger charge is -2.22. The highest BCUT2D eigenvalue weighted by molar-refractivity contribution is 7.89. The molecule has 2 rings (SSSR count). The molecule has 106 valence electrons. The van der Waals surface area contributed by atoms with Gasteiger partial charge >= 0.3 is 0 Å². The standard InChI is InChI=1S/C12H17FN2O3S/c1-15(10-4-5-18-8-10)19(16,17)12-3-2-9(7-14)6-11(12)13/h2-3,6,10H,4-5,7-8,14H2,1H3. The second kappa shape index (κ2) is 5.54. The van der Waals surface area contributed by atoms with Crippen molar-refractivity contribution >= 4 is 10.0 Å². The van der Waals surface area contributed by atoms with Crippen molar-refractivity contribution in [1.82, 2.24) is 4.31 Å². The fourth-order valence-electron chi connectivity index (χ4n) is 2.04. The summed E-state index contributed by atoms with van der Waals surface area (Å²) in [5.41, 5.74) is 5.95. The van der Waals surface area contributed by atoms with Crippen LogP contribution in [0.4, 0.5) is 4.39 Å². The van der Waals surface area contributed by atoms with Gasteiger partial charge in [0.15, 0.2) is 0 Å². The fourth-order valence-corrected chi connectivity index (χ4v) is 3.46. The first-order valence-electron chi connectivity index (χ1n) is 6.01. The van der Waals surface area contributed by atoms with Gasteiger partial charge in [0.2, 0.25) is 10.0 Å². The van der Waals surface area contributed by atoms with E-state index >= 15 is 0 Å². The number of hydrogen-bond donors (Lipinski definition) is 1. The Morgan fingerprint density at radius 2 is 2.26 bits per heavy atom. The summed E-state index contributed by atoms with van der Waals surface area (Å²) in [6.07, 6.45) is 0.623. The van der Waals surface area contributed by atoms with E-state index in [1.807, 2.05) is 0 Å². The quantitative estimate of drug-likeness (QED) is 0.885. The molecule has 1 aliphatic rings. The summed E-state index contributed by atoms with van der Waals surface area (Å²) in [7, 11) is -2.39. The third-order valence-corrected chi connectivity index (χ3v) is 5.25. The van der Waals surface area contributed by atoms with E-state index in [-0.39, 0.29) is 17.5 Å². The van der Waals surface area contributed by atoms with Crippen molar-refractivity contribution in [2.24, 2.45) is 5.73 Å². The fraction of sp³-hybridized carbons (Fsp3) is 0.500. The molecular formula is C12H17FN2O3S. The summed E-state index contributed by atoms with van der Waals surface area (Å²) < 4.78 is 44.9. The molecule has 1 atom stereocenters. The molecule has 1 fully saturated rings. The Labute approximate surface area is 112 Å². The van der Waals surface area contributed by atoms with Crippen molar-refractivity contribution in [2.75, 3.05) is 20.3 Å². The average Bonchev–Trinajstić information content (AvgIpc) is 2.90. The number of benzene rings is 1. The molecule has 19 heavy (non-hydrogen) atoms. The lowest BCUT2D eigenvalue weighted by Crippen LogP contribution is -2.37. The van der Waals surface area contributed by atoms with E-state index < -0.39 is 15.8 Å². The van der Waals surface area contributed by atoms with Crippen molar-refractivity contribution in [3.8, 4) is 0 Å². The normalized spacial score (nSPS) is 20.1. The molecule has 1 aromatic rings. The maximum Gasteiger partial charge on any atom is 0.246 e. The number of ether oxygens (including phenoxy) is 1. The van der Waals surface area contributed by atoms with Gasteiger partial charge in [-0.05, 0) is 24.1 Å². The zero-order chi connectivity index (χ0) is 14.0. The molecule has 1 aromatic carbocycles. The van der Waals surface area contributed by atoms with Crippen molar-refractivity contribution in [3.05, 3.63) is 29.6 Å². The zero-order valence-corrected chi connectivity index (χ0v) is 11.5. The maximum atomic E-state index is 13.9. The van der Waals surface area contributed by atoms with E-state index in [4.69, 9.17) is 10.5 Å². The smallest absolute Gasteiger partial charge is 0.246 e. The Morgan fingerprint density at radius 3 is 2.79 bits per heavy atom. The Kier molecular flexibility index (Phi) is 4.19. The van der Waals surface area contributed by atoms with Crippen LogP contribution in [0.15, 0.2) is 23.1 Å². The lowest BCUT2D eigenvalue weighted by atomic mass is 10.2. The lowest BCUT2D eigenvalue weighted by molar-refractivity contribution is 0.180. The molecule has 1 saturated heterocycles. The van der Waals surface area contributed by atoms with Gasteiger partial charge in [0.25, 0.3) is 0 Å². The molecule has 0 aromatic heterocycles. The van der Waals surface area contributed by atoms with Gasteiger partial charge in [-0.1, -0.05) is 6.07 Å². The van der Waals surface area contributed by atoms with Gasteiger partial charge in [0, 0.05) is 20.2 Å². The SMILES string of the molecule is CN(C1CCOC1)S(=O)(=O)c1ccc(CN)cc1F. The number of likely N-dealkylation sites (N-methyl/N-ethyl adjacent to an activating group) is 1. The highest BCUT2D eigenvalue weighted by atomic mass is 32.2. The molecule has 1 aliphatic heterocycles. The summed E-state index contributed by atoms with van der Waals surface area (Å²) in [5, 5.41) is 0. The van der Waals surface area contributed by atoms with E-state index in [9.17, 15) is 12.8 Å². The van der Waals surface area contributed by atoms with Crippen molar-refractivity contribution < 1.29 is 17.5 Å². The van der Waals surface area contributed by atoms with Gasteiger partial charge in [-0.25, -0.2) is 12.8 Å². The van der Waals surface area contributed by atoms with Gasteiger partial charge in [-0.3, -0.25) is 0 Å². The highest BCUT2D eigenvalue weighted by Crippen LogP contribution is 2.23. The molecule has 1 unspecified atom stereocenters. The van der Waals surface area contributed by atoms with Crippen LogP contribution in [0, 0.1) is 5.82 Å². The number of hydrogen-bond acceptors (Lipinski definition) is 4. The van der Waals surface area contributed by atoms with Gasteiger partial charge in [0.05, 0.1) is 12.6 Å². The monoisotopic (exact) mass is 288 g/mol. The van der Waals surface area contributed by atoms with Crippen LogP contribution < -0.4 is 5.73 Å². The highest BCUT2D eigenvalue weighted by Gasteiger charge is 2.32. The van der Waals surface area contributed by atoms with Crippen LogP contribution in [0.2, 0.25) is 0 Å². The summed E-state index contributed by atoms with van der Waals surface area (Å²) in [6, 6.07) is 3.71. The predicted octanol–water partition coefficient (Wildman–Crippen LogP) is 0.694. The molecular weight excluding hydrogens is 271 g/mol. The van der Waals surface area contributed by atoms with E-state index in [0.29, 0.717) is 25.2 Å². The number of rotatable bonds is 4. The molecule has 5 nitrogen and oxygen atoms in total. The molecule has 0 aliphatic carbocycles. The topological polar surface area (TPSA) is 72.6 Å². The third kappa shape index (κ3) is 2.79. The minimum atomic E-state index is -3.84. The van der Waals surface area contributed by atoms with Crippen molar-refractivity contribution in [1.29, 1.82) is 0 Å². The van der Waals surface area contributed by atoms with E-state index in [1.165, 1.54) is 23.5 Å². The molecule has 0 saturated carbocycles. The number of sulfonamides is 1. The van der Waals surface area contributed by atoms with Crippen molar-refractivity contribution in [3.63, 3.8) is 0 Å². The first-order valence-corrected chi connectivity index (χ1v) is 7.45. The molecule has 0 bridgehead atoms. The number of nitrogens with two attached hydrogens (primary N) is 1. The second-order valence-corrected chi connectivity index (χ2v) is 6.47. The Morgan fingerprint density at radius 1 is 1.53 bits per heavy atom.